The number of carbonyl (C=O) groups excluding carboxylic acids is 1. The number of alkyl halides is 3. The molecule has 9 nitrogen and oxygen atoms in total. The molecule has 0 aliphatic heterocycles. The van der Waals surface area contributed by atoms with E-state index in [0.29, 0.717) is 22.0 Å². The molecular formula is C20H19ClF3N7O2. The molecule has 0 bridgehead atoms. The number of carbonyl (C=O) groups is 1. The SMILES string of the molecule is CO[C@H](c1c(NC(=O)Nc2cnc(-n3nccn3)c(C(F)(F)F)c2)cnc(C)c1Cl)C1CC1. The van der Waals surface area contributed by atoms with Gasteiger partial charge in [0.1, 0.15) is 5.56 Å². The van der Waals surface area contributed by atoms with Crippen LogP contribution >= 0.6 is 11.6 Å². The molecule has 1 aliphatic rings. The summed E-state index contributed by atoms with van der Waals surface area (Å²) in [5, 5.41) is 12.7. The normalized spacial score (nSPS) is 14.7. The van der Waals surface area contributed by atoms with Crippen molar-refractivity contribution in [1.29, 1.82) is 0 Å². The Bertz CT molecular complexity index is 1170. The fraction of sp³-hybridized carbons (Fsp3) is 0.350. The molecule has 3 heterocycles. The number of halogens is 4. The summed E-state index contributed by atoms with van der Waals surface area (Å²) in [4.78, 5) is 21.3. The quantitative estimate of drug-likeness (QED) is 0.524. The summed E-state index contributed by atoms with van der Waals surface area (Å²) in [6.45, 7) is 1.73. The molecule has 33 heavy (non-hydrogen) atoms. The second kappa shape index (κ2) is 8.94. The predicted molar refractivity (Wildman–Crippen MR) is 113 cm³/mol. The van der Waals surface area contributed by atoms with Gasteiger partial charge in [-0.3, -0.25) is 4.98 Å². The third-order valence-electron chi connectivity index (χ3n) is 5.11. The van der Waals surface area contributed by atoms with E-state index >= 15 is 0 Å². The number of amides is 2. The number of hydrogen-bond donors (Lipinski definition) is 2. The van der Waals surface area contributed by atoms with Gasteiger partial charge < -0.3 is 15.4 Å². The standard InChI is InChI=1S/C20H19ClF3N7O2/c1-10-16(21)15(17(33-2)11-3-4-11)14(9-25-10)30-19(32)29-12-7-13(20(22,23)24)18(26-8-12)31-27-5-6-28-31/h5-9,11,17H,3-4H2,1-2H3,(H2,29,30,32)/t17-/m0/s1. The lowest BCUT2D eigenvalue weighted by Gasteiger charge is -2.21. The first-order valence-electron chi connectivity index (χ1n) is 9.88. The number of nitrogens with one attached hydrogen (secondary N) is 2. The molecule has 0 unspecified atom stereocenters. The van der Waals surface area contributed by atoms with E-state index in [2.05, 4.69) is 30.8 Å². The Balaban J connectivity index is 1.59. The summed E-state index contributed by atoms with van der Waals surface area (Å²) in [7, 11) is 1.55. The fourth-order valence-electron chi connectivity index (χ4n) is 3.43. The molecule has 1 atom stereocenters. The summed E-state index contributed by atoms with van der Waals surface area (Å²) in [6, 6.07) is -0.0298. The van der Waals surface area contributed by atoms with Gasteiger partial charge in [-0.2, -0.15) is 23.4 Å². The Morgan fingerprint density at radius 3 is 2.52 bits per heavy atom. The lowest BCUT2D eigenvalue weighted by molar-refractivity contribution is -0.137. The Morgan fingerprint density at radius 2 is 1.91 bits per heavy atom. The van der Waals surface area contributed by atoms with Crippen LogP contribution in [0.25, 0.3) is 5.82 Å². The second-order valence-corrected chi connectivity index (χ2v) is 7.85. The molecule has 1 fully saturated rings. The first-order chi connectivity index (χ1) is 15.7. The van der Waals surface area contributed by atoms with Crippen molar-refractivity contribution in [3.05, 3.63) is 52.7 Å². The Labute approximate surface area is 191 Å². The molecule has 174 valence electrons. The van der Waals surface area contributed by atoms with Crippen LogP contribution in [0.15, 0.2) is 30.9 Å². The zero-order chi connectivity index (χ0) is 23.8. The van der Waals surface area contributed by atoms with Crippen molar-refractivity contribution in [2.24, 2.45) is 5.92 Å². The molecule has 2 N–H and O–H groups in total. The summed E-state index contributed by atoms with van der Waals surface area (Å²) in [6.07, 6.45) is 1.82. The van der Waals surface area contributed by atoms with Gasteiger partial charge in [0.25, 0.3) is 0 Å². The highest BCUT2D eigenvalue weighted by atomic mass is 35.5. The van der Waals surface area contributed by atoms with E-state index < -0.39 is 23.6 Å². The zero-order valence-electron chi connectivity index (χ0n) is 17.5. The molecule has 4 rings (SSSR count). The van der Waals surface area contributed by atoms with Crippen molar-refractivity contribution in [3.8, 4) is 5.82 Å². The van der Waals surface area contributed by atoms with Gasteiger partial charge >= 0.3 is 12.2 Å². The highest BCUT2D eigenvalue weighted by molar-refractivity contribution is 6.32. The number of ether oxygens (including phenoxy) is 1. The average molecular weight is 482 g/mol. The molecule has 13 heteroatoms. The molecule has 0 saturated heterocycles. The first kappa shape index (κ1) is 22.9. The number of nitrogens with zero attached hydrogens (tertiary/aromatic N) is 5. The van der Waals surface area contributed by atoms with Gasteiger partial charge in [0.2, 0.25) is 0 Å². The van der Waals surface area contributed by atoms with Crippen molar-refractivity contribution in [3.63, 3.8) is 0 Å². The third-order valence-corrected chi connectivity index (χ3v) is 5.58. The maximum absolute atomic E-state index is 13.6. The van der Waals surface area contributed by atoms with Gasteiger partial charge in [-0.15, -0.1) is 4.80 Å². The molecular weight excluding hydrogens is 463 g/mol. The van der Waals surface area contributed by atoms with E-state index in [0.717, 1.165) is 29.9 Å². The summed E-state index contributed by atoms with van der Waals surface area (Å²) in [5.74, 6) is -0.248. The van der Waals surface area contributed by atoms with Crippen LogP contribution in [0.5, 0.6) is 0 Å². The highest BCUT2D eigenvalue weighted by Gasteiger charge is 2.37. The number of aryl methyl sites for hydroxylation is 1. The van der Waals surface area contributed by atoms with Crippen LogP contribution < -0.4 is 10.6 Å². The minimum absolute atomic E-state index is 0.172. The molecule has 1 saturated carbocycles. The van der Waals surface area contributed by atoms with E-state index in [4.69, 9.17) is 16.3 Å². The van der Waals surface area contributed by atoms with Crippen LogP contribution in [-0.4, -0.2) is 38.1 Å². The second-order valence-electron chi connectivity index (χ2n) is 7.47. The average Bonchev–Trinajstić information content (AvgIpc) is 3.45. The number of methoxy groups -OCH3 is 1. The van der Waals surface area contributed by atoms with Crippen LogP contribution in [-0.2, 0) is 10.9 Å². The largest absolute Gasteiger partial charge is 0.420 e. The number of anilines is 2. The van der Waals surface area contributed by atoms with Gasteiger partial charge in [-0.1, -0.05) is 11.6 Å². The number of rotatable bonds is 6. The Morgan fingerprint density at radius 1 is 1.21 bits per heavy atom. The van der Waals surface area contributed by atoms with E-state index in [-0.39, 0.29) is 17.7 Å². The van der Waals surface area contributed by atoms with Gasteiger partial charge in [0.05, 0.1) is 53.0 Å². The smallest absolute Gasteiger partial charge is 0.376 e. The Hall–Kier alpha value is -3.25. The van der Waals surface area contributed by atoms with Crippen molar-refractivity contribution < 1.29 is 22.7 Å². The summed E-state index contributed by atoms with van der Waals surface area (Å²) in [5.41, 5.74) is 0.184. The maximum Gasteiger partial charge on any atom is 0.420 e. The molecule has 0 aromatic carbocycles. The van der Waals surface area contributed by atoms with E-state index in [1.54, 1.807) is 14.0 Å². The molecule has 3 aromatic rings. The molecule has 1 aliphatic carbocycles. The van der Waals surface area contributed by atoms with E-state index in [1.165, 1.54) is 18.6 Å². The summed E-state index contributed by atoms with van der Waals surface area (Å²) >= 11 is 6.46. The van der Waals surface area contributed by atoms with E-state index in [9.17, 15) is 18.0 Å². The van der Waals surface area contributed by atoms with Crippen LogP contribution in [0.2, 0.25) is 5.02 Å². The fourth-order valence-corrected chi connectivity index (χ4v) is 3.69. The van der Waals surface area contributed by atoms with Gasteiger partial charge in [-0.25, -0.2) is 9.78 Å². The van der Waals surface area contributed by atoms with E-state index in [1.807, 2.05) is 0 Å². The Kier molecular flexibility index (Phi) is 6.21. The molecule has 0 radical (unpaired) electrons. The van der Waals surface area contributed by atoms with Crippen LogP contribution in [0.3, 0.4) is 0 Å². The minimum atomic E-state index is -4.75. The lowest BCUT2D eigenvalue weighted by atomic mass is 10.0. The minimum Gasteiger partial charge on any atom is -0.376 e. The number of pyridine rings is 2. The highest BCUT2D eigenvalue weighted by Crippen LogP contribution is 2.47. The van der Waals surface area contributed by atoms with Crippen molar-refractivity contribution in [2.75, 3.05) is 17.7 Å². The number of urea groups is 1. The van der Waals surface area contributed by atoms with Crippen LogP contribution in [0, 0.1) is 12.8 Å². The topological polar surface area (TPSA) is 107 Å². The third kappa shape index (κ3) is 4.91. The van der Waals surface area contributed by atoms with Gasteiger partial charge in [-0.05, 0) is 31.7 Å². The molecule has 3 aromatic heterocycles. The predicted octanol–water partition coefficient (Wildman–Crippen LogP) is 4.78. The number of hydrogen-bond acceptors (Lipinski definition) is 6. The monoisotopic (exact) mass is 481 g/mol. The summed E-state index contributed by atoms with van der Waals surface area (Å²) < 4.78 is 46.3. The zero-order valence-corrected chi connectivity index (χ0v) is 18.3. The van der Waals surface area contributed by atoms with Gasteiger partial charge in [0, 0.05) is 12.7 Å². The van der Waals surface area contributed by atoms with Crippen molar-refractivity contribution in [2.45, 2.75) is 32.0 Å². The maximum atomic E-state index is 13.6. The molecule has 2 amide bonds. The van der Waals surface area contributed by atoms with Crippen LogP contribution in [0.4, 0.5) is 29.3 Å². The number of aromatic nitrogens is 5. The van der Waals surface area contributed by atoms with Gasteiger partial charge in [0.15, 0.2) is 5.82 Å². The van der Waals surface area contributed by atoms with Crippen molar-refractivity contribution in [1.82, 2.24) is 25.0 Å². The first-order valence-corrected chi connectivity index (χ1v) is 10.3. The lowest BCUT2D eigenvalue weighted by Crippen LogP contribution is -2.23. The van der Waals surface area contributed by atoms with Crippen LogP contribution in [0.1, 0.15) is 35.8 Å². The van der Waals surface area contributed by atoms with Crippen molar-refractivity contribution >= 4 is 29.0 Å². The molecule has 0 spiro atoms.